The minimum Gasteiger partial charge on any atom is -0.412 e. The topological polar surface area (TPSA) is 56.2 Å². The number of hydrogen-bond acceptors (Lipinski definition) is 3. The Morgan fingerprint density at radius 1 is 1.58 bits per heavy atom. The van der Waals surface area contributed by atoms with Gasteiger partial charge in [-0.1, -0.05) is 4.57 Å². The molecule has 0 saturated carbocycles. The zero-order chi connectivity index (χ0) is 8.97. The fraction of sp³-hybridized carbons (Fsp3) is 0.250. The first-order chi connectivity index (χ1) is 5.74. The number of carbonyl (C=O) groups is 1. The molecule has 4 nitrogen and oxygen atoms in total. The smallest absolute Gasteiger partial charge is 0.412 e. The van der Waals surface area contributed by atoms with Gasteiger partial charge >= 0.3 is 6.09 Å². The number of nitrogens with zero attached hydrogens (tertiary/aromatic N) is 1. The molecule has 0 radical (unpaired) electrons. The third-order valence-corrected chi connectivity index (χ3v) is 1.33. The van der Waals surface area contributed by atoms with Gasteiger partial charge in [0.15, 0.2) is 12.4 Å². The predicted molar refractivity (Wildman–Crippen MR) is 43.5 cm³/mol. The van der Waals surface area contributed by atoms with Crippen molar-refractivity contribution in [2.75, 3.05) is 12.3 Å². The zero-order valence-corrected chi connectivity index (χ0v) is 6.86. The van der Waals surface area contributed by atoms with Gasteiger partial charge in [-0.2, -0.15) is 4.79 Å². The average molecular weight is 167 g/mol. The molecule has 1 aromatic rings. The maximum absolute atomic E-state index is 11.1. The number of hydrogen-bond donors (Lipinski definition) is 1. The van der Waals surface area contributed by atoms with E-state index < -0.39 is 6.09 Å². The van der Waals surface area contributed by atoms with Crippen LogP contribution in [0, 0.1) is 0 Å². The minimum absolute atomic E-state index is 0.371. The van der Waals surface area contributed by atoms with E-state index in [2.05, 4.69) is 0 Å². The summed E-state index contributed by atoms with van der Waals surface area (Å²) in [4.78, 5) is 11.1. The van der Waals surface area contributed by atoms with Crippen LogP contribution in [-0.4, -0.2) is 12.7 Å². The quantitative estimate of drug-likeness (QED) is 0.622. The van der Waals surface area contributed by atoms with E-state index in [9.17, 15) is 4.79 Å². The highest BCUT2D eigenvalue weighted by atomic mass is 16.5. The van der Waals surface area contributed by atoms with Gasteiger partial charge in [-0.3, -0.25) is 0 Å². The van der Waals surface area contributed by atoms with E-state index in [-0.39, 0.29) is 0 Å². The Morgan fingerprint density at radius 3 is 2.67 bits per heavy atom. The molecule has 0 saturated heterocycles. The first-order valence-electron chi connectivity index (χ1n) is 3.68. The van der Waals surface area contributed by atoms with Gasteiger partial charge in [-0.05, 0) is 6.92 Å². The molecule has 0 aliphatic heterocycles. The molecule has 1 rings (SSSR count). The third kappa shape index (κ3) is 1.95. The van der Waals surface area contributed by atoms with Gasteiger partial charge in [0, 0.05) is 17.8 Å². The molecule has 0 fully saturated rings. The first kappa shape index (κ1) is 8.52. The van der Waals surface area contributed by atoms with Crippen molar-refractivity contribution in [1.82, 2.24) is 0 Å². The van der Waals surface area contributed by atoms with Crippen molar-refractivity contribution < 1.29 is 14.1 Å². The molecule has 0 bridgehead atoms. The van der Waals surface area contributed by atoms with Crippen molar-refractivity contribution in [3.63, 3.8) is 0 Å². The maximum Gasteiger partial charge on any atom is 0.601 e. The Labute approximate surface area is 70.6 Å². The van der Waals surface area contributed by atoms with Gasteiger partial charge in [0.05, 0.1) is 6.61 Å². The Kier molecular flexibility index (Phi) is 2.63. The molecule has 64 valence electrons. The average Bonchev–Trinajstić information content (AvgIpc) is 2.06. The SMILES string of the molecule is CCOC(=O)[n+]1ccc(N)cc1. The van der Waals surface area contributed by atoms with E-state index in [0.717, 1.165) is 0 Å². The number of rotatable bonds is 1. The number of ether oxygens (including phenoxy) is 1. The highest BCUT2D eigenvalue weighted by Gasteiger charge is 2.13. The van der Waals surface area contributed by atoms with Crippen molar-refractivity contribution in [2.24, 2.45) is 0 Å². The zero-order valence-electron chi connectivity index (χ0n) is 6.86. The molecule has 1 heterocycles. The summed E-state index contributed by atoms with van der Waals surface area (Å²) in [6.45, 7) is 2.13. The molecule has 0 spiro atoms. The predicted octanol–water partition coefficient (Wildman–Crippen LogP) is 0.561. The van der Waals surface area contributed by atoms with Crippen LogP contribution in [0.25, 0.3) is 0 Å². The molecule has 12 heavy (non-hydrogen) atoms. The van der Waals surface area contributed by atoms with E-state index in [1.165, 1.54) is 4.57 Å². The summed E-state index contributed by atoms with van der Waals surface area (Å²) in [5.74, 6) is 0. The molecule has 1 aromatic heterocycles. The lowest BCUT2D eigenvalue weighted by atomic mass is 10.4. The van der Waals surface area contributed by atoms with Crippen LogP contribution in [0.3, 0.4) is 0 Å². The molecule has 0 aliphatic rings. The van der Waals surface area contributed by atoms with Crippen molar-refractivity contribution in [2.45, 2.75) is 6.92 Å². The van der Waals surface area contributed by atoms with E-state index in [0.29, 0.717) is 12.3 Å². The molecular weight excluding hydrogens is 156 g/mol. The monoisotopic (exact) mass is 167 g/mol. The number of nitrogen functional groups attached to an aromatic ring is 1. The normalized spacial score (nSPS) is 9.42. The van der Waals surface area contributed by atoms with E-state index in [1.54, 1.807) is 31.5 Å². The fourth-order valence-corrected chi connectivity index (χ4v) is 0.758. The van der Waals surface area contributed by atoms with Crippen LogP contribution in [0.15, 0.2) is 24.5 Å². The first-order valence-corrected chi connectivity index (χ1v) is 3.68. The van der Waals surface area contributed by atoms with Crippen LogP contribution in [-0.2, 0) is 4.74 Å². The molecule has 0 unspecified atom stereocenters. The summed E-state index contributed by atoms with van der Waals surface area (Å²) in [6, 6.07) is 3.27. The summed E-state index contributed by atoms with van der Waals surface area (Å²) >= 11 is 0. The van der Waals surface area contributed by atoms with Crippen molar-refractivity contribution in [3.05, 3.63) is 24.5 Å². The lowest BCUT2D eigenvalue weighted by molar-refractivity contribution is -0.585. The second kappa shape index (κ2) is 3.71. The molecule has 0 aromatic carbocycles. The Bertz CT molecular complexity index is 269. The van der Waals surface area contributed by atoms with Crippen LogP contribution in [0.4, 0.5) is 10.5 Å². The van der Waals surface area contributed by atoms with Crippen LogP contribution in [0.1, 0.15) is 6.92 Å². The molecule has 0 atom stereocenters. The standard InChI is InChI=1S/C8H10N2O2/c1-2-12-8(11)10-5-3-7(9)4-6-10/h3-6,9H,2H2,1H3/p+1. The Balaban J connectivity index is 2.75. The fourth-order valence-electron chi connectivity index (χ4n) is 0.758. The summed E-state index contributed by atoms with van der Waals surface area (Å²) < 4.78 is 6.08. The molecule has 0 amide bonds. The van der Waals surface area contributed by atoms with Crippen LogP contribution in [0.5, 0.6) is 0 Å². The molecular formula is C8H11N2O2+. The number of anilines is 1. The van der Waals surface area contributed by atoms with Crippen molar-refractivity contribution in [3.8, 4) is 0 Å². The Morgan fingerprint density at radius 2 is 2.17 bits per heavy atom. The van der Waals surface area contributed by atoms with Gasteiger partial charge < -0.3 is 10.5 Å². The van der Waals surface area contributed by atoms with Gasteiger partial charge in [-0.25, -0.2) is 0 Å². The lowest BCUT2D eigenvalue weighted by Gasteiger charge is -1.94. The van der Waals surface area contributed by atoms with Gasteiger partial charge in [0.1, 0.15) is 0 Å². The molecule has 2 N–H and O–H groups in total. The van der Waals surface area contributed by atoms with Crippen molar-refractivity contribution in [1.29, 1.82) is 0 Å². The van der Waals surface area contributed by atoms with Crippen molar-refractivity contribution >= 4 is 11.8 Å². The number of aromatic nitrogens is 1. The molecule has 4 heteroatoms. The largest absolute Gasteiger partial charge is 0.601 e. The van der Waals surface area contributed by atoms with Gasteiger partial charge in [0.2, 0.25) is 0 Å². The summed E-state index contributed by atoms with van der Waals surface area (Å²) in [7, 11) is 0. The highest BCUT2D eigenvalue weighted by Crippen LogP contribution is 1.93. The van der Waals surface area contributed by atoms with E-state index in [1.807, 2.05) is 0 Å². The van der Waals surface area contributed by atoms with E-state index >= 15 is 0 Å². The Hall–Kier alpha value is -1.58. The third-order valence-electron chi connectivity index (χ3n) is 1.33. The van der Waals surface area contributed by atoms with Crippen LogP contribution >= 0.6 is 0 Å². The lowest BCUT2D eigenvalue weighted by Crippen LogP contribution is -2.42. The maximum atomic E-state index is 11.1. The van der Waals surface area contributed by atoms with Crippen LogP contribution < -0.4 is 10.3 Å². The summed E-state index contributed by atoms with van der Waals surface area (Å²) in [5, 5.41) is 0. The second-order valence-electron chi connectivity index (χ2n) is 2.24. The number of pyridine rings is 1. The summed E-state index contributed by atoms with van der Waals surface area (Å²) in [6.07, 6.45) is 2.73. The number of carbonyl (C=O) groups excluding carboxylic acids is 1. The second-order valence-corrected chi connectivity index (χ2v) is 2.24. The van der Waals surface area contributed by atoms with Crippen LogP contribution in [0.2, 0.25) is 0 Å². The minimum atomic E-state index is -0.391. The van der Waals surface area contributed by atoms with E-state index in [4.69, 9.17) is 10.5 Å². The molecule has 0 aliphatic carbocycles. The van der Waals surface area contributed by atoms with Gasteiger partial charge in [-0.15, -0.1) is 0 Å². The van der Waals surface area contributed by atoms with Gasteiger partial charge in [0.25, 0.3) is 0 Å². The highest BCUT2D eigenvalue weighted by molar-refractivity contribution is 5.56. The summed E-state index contributed by atoms with van der Waals surface area (Å²) in [5.41, 5.74) is 6.06. The number of nitrogens with two attached hydrogens (primary N) is 1.